The van der Waals surface area contributed by atoms with E-state index in [9.17, 15) is 4.79 Å². The van der Waals surface area contributed by atoms with E-state index in [-0.39, 0.29) is 38.5 Å². The van der Waals surface area contributed by atoms with Crippen LogP contribution in [0.4, 0.5) is 0 Å². The maximum Gasteiger partial charge on any atom is 0.332 e. The van der Waals surface area contributed by atoms with E-state index in [2.05, 4.69) is 6.58 Å². The Hall–Kier alpha value is -0.990. The van der Waals surface area contributed by atoms with Crippen LogP contribution >= 0.6 is 0 Å². The summed E-state index contributed by atoms with van der Waals surface area (Å²) in [5.41, 5.74) is -0.120. The number of nitrogens with zero attached hydrogens (tertiary/aromatic N) is 1. The molecule has 3 N–H and O–H groups in total. The molecular weight excluding hydrogens is 206 g/mol. The summed E-state index contributed by atoms with van der Waals surface area (Å²) in [6, 6.07) is 0. The lowest BCUT2D eigenvalue weighted by Gasteiger charge is -2.19. The summed E-state index contributed by atoms with van der Waals surface area (Å²) in [7, 11) is 0. The number of hydrogen-bond donors (Lipinski definition) is 3. The van der Waals surface area contributed by atoms with Crippen molar-refractivity contribution in [3.63, 3.8) is 0 Å². The number of hydroxylamine groups is 2. The fourth-order valence-electron chi connectivity index (χ4n) is 0.637. The number of aliphatic hydroxyl groups excluding tert-OH is 2. The lowest BCUT2D eigenvalue weighted by atomic mass is 10.3. The van der Waals surface area contributed by atoms with Crippen LogP contribution in [0, 0.1) is 0 Å². The molecule has 0 rings (SSSR count). The quantitative estimate of drug-likeness (QED) is 0.331. The van der Waals surface area contributed by atoms with E-state index in [0.29, 0.717) is 0 Å². The van der Waals surface area contributed by atoms with Gasteiger partial charge in [-0.05, 0) is 0 Å². The van der Waals surface area contributed by atoms with Crippen molar-refractivity contribution in [1.82, 2.24) is 5.23 Å². The zero-order valence-corrected chi connectivity index (χ0v) is 8.26. The van der Waals surface area contributed by atoms with Gasteiger partial charge in [0.1, 0.15) is 0 Å². The first kappa shape index (κ1) is 14.0. The van der Waals surface area contributed by atoms with Crippen LogP contribution in [0.15, 0.2) is 12.2 Å². The van der Waals surface area contributed by atoms with Gasteiger partial charge >= 0.3 is 5.97 Å². The van der Waals surface area contributed by atoms with Gasteiger partial charge in [-0.3, -0.25) is 9.68 Å². The molecular formula is C8H15NO6. The van der Waals surface area contributed by atoms with Crippen molar-refractivity contribution in [3.05, 3.63) is 12.2 Å². The third-order valence-electron chi connectivity index (χ3n) is 1.28. The second-order valence-corrected chi connectivity index (χ2v) is 2.51. The minimum Gasteiger partial charge on any atom is -0.478 e. The Morgan fingerprint density at radius 2 is 1.67 bits per heavy atom. The zero-order chi connectivity index (χ0) is 11.7. The molecule has 0 spiro atoms. The molecule has 0 aliphatic carbocycles. The number of carbonyl (C=O) groups is 1. The number of aliphatic hydroxyl groups is 2. The maximum absolute atomic E-state index is 10.4. The molecule has 0 heterocycles. The third kappa shape index (κ3) is 7.00. The Morgan fingerprint density at radius 1 is 1.20 bits per heavy atom. The Labute approximate surface area is 87.0 Å². The molecule has 0 aliphatic rings. The summed E-state index contributed by atoms with van der Waals surface area (Å²) >= 11 is 0. The summed E-state index contributed by atoms with van der Waals surface area (Å²) in [4.78, 5) is 20.1. The van der Waals surface area contributed by atoms with Crippen LogP contribution in [-0.2, 0) is 14.5 Å². The highest BCUT2D eigenvalue weighted by Gasteiger charge is 2.12. The zero-order valence-electron chi connectivity index (χ0n) is 8.26. The molecule has 88 valence electrons. The molecule has 0 aliphatic heterocycles. The Bertz CT molecular complexity index is 199. The summed E-state index contributed by atoms with van der Waals surface area (Å²) in [5.74, 6) is -1.17. The molecule has 7 nitrogen and oxygen atoms in total. The fourth-order valence-corrected chi connectivity index (χ4v) is 0.637. The van der Waals surface area contributed by atoms with Crippen LogP contribution in [0.25, 0.3) is 0 Å². The lowest BCUT2D eigenvalue weighted by molar-refractivity contribution is -0.366. The van der Waals surface area contributed by atoms with Crippen molar-refractivity contribution in [1.29, 1.82) is 0 Å². The fraction of sp³-hybridized carbons (Fsp3) is 0.625. The van der Waals surface area contributed by atoms with Crippen molar-refractivity contribution >= 4 is 5.97 Å². The smallest absolute Gasteiger partial charge is 0.332 e. The first-order valence-electron chi connectivity index (χ1n) is 4.28. The summed E-state index contributed by atoms with van der Waals surface area (Å²) in [6.45, 7) is 2.61. The molecule has 0 unspecified atom stereocenters. The van der Waals surface area contributed by atoms with Gasteiger partial charge in [0.2, 0.25) is 0 Å². The number of hydrogen-bond acceptors (Lipinski definition) is 6. The van der Waals surface area contributed by atoms with Crippen molar-refractivity contribution in [2.75, 3.05) is 33.0 Å². The van der Waals surface area contributed by atoms with E-state index in [1.165, 1.54) is 0 Å². The van der Waals surface area contributed by atoms with E-state index in [4.69, 9.17) is 25.0 Å². The molecule has 0 aromatic carbocycles. The number of carboxylic acid groups (broad SMARTS) is 1. The molecule has 0 fully saturated rings. The van der Waals surface area contributed by atoms with E-state index >= 15 is 0 Å². The van der Waals surface area contributed by atoms with Crippen LogP contribution in [0.5, 0.6) is 0 Å². The van der Waals surface area contributed by atoms with E-state index in [1.54, 1.807) is 0 Å². The van der Waals surface area contributed by atoms with Crippen molar-refractivity contribution in [3.8, 4) is 0 Å². The van der Waals surface area contributed by atoms with Gasteiger partial charge < -0.3 is 15.3 Å². The van der Waals surface area contributed by atoms with Gasteiger partial charge in [0.25, 0.3) is 0 Å². The monoisotopic (exact) mass is 221 g/mol. The molecule has 0 atom stereocenters. The van der Waals surface area contributed by atoms with Crippen LogP contribution in [-0.4, -0.2) is 59.5 Å². The third-order valence-corrected chi connectivity index (χ3v) is 1.28. The molecule has 0 bridgehead atoms. The highest BCUT2D eigenvalue weighted by atomic mass is 16.9. The molecule has 0 aromatic rings. The van der Waals surface area contributed by atoms with Crippen molar-refractivity contribution in [2.24, 2.45) is 0 Å². The Morgan fingerprint density at radius 3 is 2.00 bits per heavy atom. The normalized spacial score (nSPS) is 10.6. The molecule has 7 heteroatoms. The van der Waals surface area contributed by atoms with Gasteiger partial charge in [-0.2, -0.15) is 0 Å². The van der Waals surface area contributed by atoms with Crippen LogP contribution in [0.2, 0.25) is 0 Å². The van der Waals surface area contributed by atoms with Crippen LogP contribution in [0.3, 0.4) is 0 Å². The second-order valence-electron chi connectivity index (χ2n) is 2.51. The largest absolute Gasteiger partial charge is 0.478 e. The van der Waals surface area contributed by atoms with Gasteiger partial charge in [-0.25, -0.2) is 4.79 Å². The van der Waals surface area contributed by atoms with Crippen molar-refractivity contribution in [2.45, 2.75) is 0 Å². The van der Waals surface area contributed by atoms with Gasteiger partial charge in [-0.15, -0.1) is 0 Å². The number of rotatable bonds is 9. The summed E-state index contributed by atoms with van der Waals surface area (Å²) < 4.78 is 0. The molecule has 0 aromatic heterocycles. The molecule has 15 heavy (non-hydrogen) atoms. The minimum atomic E-state index is -1.17. The lowest BCUT2D eigenvalue weighted by Crippen LogP contribution is -2.30. The number of carboxylic acids is 1. The van der Waals surface area contributed by atoms with Crippen molar-refractivity contribution < 1.29 is 29.8 Å². The van der Waals surface area contributed by atoms with E-state index in [1.807, 2.05) is 0 Å². The second kappa shape index (κ2) is 8.33. The van der Waals surface area contributed by atoms with Gasteiger partial charge in [0, 0.05) is 5.57 Å². The molecule has 0 amide bonds. The number of aliphatic carboxylic acids is 1. The summed E-state index contributed by atoms with van der Waals surface area (Å²) in [5, 5.41) is 26.4. The van der Waals surface area contributed by atoms with Crippen LogP contribution in [0.1, 0.15) is 0 Å². The average Bonchev–Trinajstić information content (AvgIpc) is 2.21. The highest BCUT2D eigenvalue weighted by molar-refractivity contribution is 5.86. The first-order chi connectivity index (χ1) is 7.11. The highest BCUT2D eigenvalue weighted by Crippen LogP contribution is 1.99. The first-order valence-corrected chi connectivity index (χ1v) is 4.28. The Balaban J connectivity index is 3.98. The van der Waals surface area contributed by atoms with Gasteiger partial charge in [0.15, 0.2) is 0 Å². The standard InChI is InChI=1S/C8H15NO6/c1-7(8(12)13)6-9(14-4-2-10)15-5-3-11/h10-11H,1-6H2,(H,12,13). The predicted octanol–water partition coefficient (Wildman–Crippen LogP) is -1.22. The van der Waals surface area contributed by atoms with Crippen LogP contribution < -0.4 is 0 Å². The van der Waals surface area contributed by atoms with Gasteiger partial charge in [0.05, 0.1) is 33.0 Å². The van der Waals surface area contributed by atoms with E-state index < -0.39 is 5.97 Å². The average molecular weight is 221 g/mol. The topological polar surface area (TPSA) is 99.5 Å². The summed E-state index contributed by atoms with van der Waals surface area (Å²) in [6.07, 6.45) is 0. The van der Waals surface area contributed by atoms with Gasteiger partial charge in [-0.1, -0.05) is 11.8 Å². The SMILES string of the molecule is C=C(CN(OCCO)OCCO)C(=O)O. The van der Waals surface area contributed by atoms with E-state index in [0.717, 1.165) is 5.23 Å². The minimum absolute atomic E-state index is 0.0294. The molecule has 0 saturated heterocycles. The Kier molecular flexibility index (Phi) is 7.78. The maximum atomic E-state index is 10.4. The predicted molar refractivity (Wildman–Crippen MR) is 49.6 cm³/mol. The molecule has 0 saturated carbocycles. The molecule has 0 radical (unpaired) electrons.